The average molecular weight is 384 g/mol. The summed E-state index contributed by atoms with van der Waals surface area (Å²) in [6.07, 6.45) is 0.529. The van der Waals surface area contributed by atoms with Crippen molar-refractivity contribution in [2.24, 2.45) is 5.73 Å². The molecule has 1 amide bonds. The van der Waals surface area contributed by atoms with Gasteiger partial charge in [0.15, 0.2) is 0 Å². The molecule has 1 atom stereocenters. The van der Waals surface area contributed by atoms with Gasteiger partial charge in [-0.2, -0.15) is 0 Å². The number of rotatable bonds is 3. The molecule has 1 unspecified atom stereocenters. The van der Waals surface area contributed by atoms with E-state index in [1.807, 2.05) is 36.4 Å². The SMILES string of the molecule is NC(=O)c1cccc(Cl)c1-c1c(Cl)ccc2c1CC(c1ccccc1)O2. The number of halogens is 2. The number of carbonyl (C=O) groups excluding carboxylic acids is 1. The van der Waals surface area contributed by atoms with Crippen molar-refractivity contribution in [1.29, 1.82) is 0 Å². The van der Waals surface area contributed by atoms with Crippen molar-refractivity contribution in [2.75, 3.05) is 0 Å². The van der Waals surface area contributed by atoms with Crippen molar-refractivity contribution in [3.63, 3.8) is 0 Å². The normalized spacial score (nSPS) is 15.4. The Morgan fingerprint density at radius 2 is 1.65 bits per heavy atom. The van der Waals surface area contributed by atoms with Gasteiger partial charge in [0, 0.05) is 38.7 Å². The van der Waals surface area contributed by atoms with Crippen molar-refractivity contribution in [2.45, 2.75) is 12.5 Å². The van der Waals surface area contributed by atoms with E-state index in [0.29, 0.717) is 33.2 Å². The second-order valence-electron chi connectivity index (χ2n) is 6.15. The first-order valence-corrected chi connectivity index (χ1v) is 8.93. The van der Waals surface area contributed by atoms with Crippen LogP contribution in [0.25, 0.3) is 11.1 Å². The van der Waals surface area contributed by atoms with E-state index < -0.39 is 5.91 Å². The third-order valence-electron chi connectivity index (χ3n) is 4.58. The molecule has 0 radical (unpaired) electrons. The lowest BCUT2D eigenvalue weighted by Crippen LogP contribution is -2.13. The van der Waals surface area contributed by atoms with Crippen LogP contribution in [0.2, 0.25) is 10.0 Å². The molecule has 2 N–H and O–H groups in total. The number of nitrogens with two attached hydrogens (primary N) is 1. The lowest BCUT2D eigenvalue weighted by atomic mass is 9.92. The maximum Gasteiger partial charge on any atom is 0.249 e. The third kappa shape index (κ3) is 2.83. The quantitative estimate of drug-likeness (QED) is 0.654. The van der Waals surface area contributed by atoms with Gasteiger partial charge in [0.1, 0.15) is 11.9 Å². The summed E-state index contributed by atoms with van der Waals surface area (Å²) in [6, 6.07) is 18.7. The molecular weight excluding hydrogens is 369 g/mol. The van der Waals surface area contributed by atoms with Gasteiger partial charge in [0.05, 0.1) is 0 Å². The van der Waals surface area contributed by atoms with Crippen LogP contribution in [0, 0.1) is 0 Å². The summed E-state index contributed by atoms with van der Waals surface area (Å²) in [5.41, 5.74) is 9.19. The van der Waals surface area contributed by atoms with Gasteiger partial charge in [0.2, 0.25) is 5.91 Å². The van der Waals surface area contributed by atoms with Crippen molar-refractivity contribution < 1.29 is 9.53 Å². The number of hydrogen-bond donors (Lipinski definition) is 1. The maximum atomic E-state index is 11.9. The van der Waals surface area contributed by atoms with Crippen LogP contribution in [0.1, 0.15) is 27.6 Å². The Labute approximate surface area is 161 Å². The lowest BCUT2D eigenvalue weighted by molar-refractivity contribution is 0.100. The fourth-order valence-corrected chi connectivity index (χ4v) is 3.94. The first-order chi connectivity index (χ1) is 12.6. The molecule has 0 saturated carbocycles. The summed E-state index contributed by atoms with van der Waals surface area (Å²) >= 11 is 12.9. The number of benzene rings is 3. The monoisotopic (exact) mass is 383 g/mol. The molecule has 4 rings (SSSR count). The zero-order chi connectivity index (χ0) is 18.3. The Balaban J connectivity index is 1.88. The van der Waals surface area contributed by atoms with Crippen LogP contribution >= 0.6 is 23.2 Å². The van der Waals surface area contributed by atoms with Gasteiger partial charge in [-0.15, -0.1) is 0 Å². The molecule has 3 aromatic rings. The highest BCUT2D eigenvalue weighted by Crippen LogP contribution is 2.47. The molecule has 26 heavy (non-hydrogen) atoms. The largest absolute Gasteiger partial charge is 0.485 e. The van der Waals surface area contributed by atoms with Crippen LogP contribution < -0.4 is 10.5 Å². The van der Waals surface area contributed by atoms with E-state index in [1.165, 1.54) is 0 Å². The molecule has 3 aromatic carbocycles. The fourth-order valence-electron chi connectivity index (χ4n) is 3.40. The molecule has 1 aliphatic rings. The highest BCUT2D eigenvalue weighted by Gasteiger charge is 2.30. The van der Waals surface area contributed by atoms with E-state index >= 15 is 0 Å². The van der Waals surface area contributed by atoms with E-state index in [0.717, 1.165) is 16.9 Å². The van der Waals surface area contributed by atoms with E-state index in [1.54, 1.807) is 24.3 Å². The summed E-state index contributed by atoms with van der Waals surface area (Å²) < 4.78 is 6.13. The molecule has 130 valence electrons. The van der Waals surface area contributed by atoms with Crippen LogP contribution in [-0.2, 0) is 6.42 Å². The molecule has 0 bridgehead atoms. The molecule has 0 aromatic heterocycles. The predicted octanol–water partition coefficient (Wildman–Crippen LogP) is 5.44. The summed E-state index contributed by atoms with van der Waals surface area (Å²) in [4.78, 5) is 11.9. The van der Waals surface area contributed by atoms with E-state index in [-0.39, 0.29) is 6.10 Å². The molecule has 1 heterocycles. The summed E-state index contributed by atoms with van der Waals surface area (Å²) in [5, 5.41) is 0.941. The van der Waals surface area contributed by atoms with Gasteiger partial charge in [-0.1, -0.05) is 59.6 Å². The number of primary amides is 1. The highest BCUT2D eigenvalue weighted by molar-refractivity contribution is 6.37. The molecule has 0 spiro atoms. The number of amides is 1. The van der Waals surface area contributed by atoms with Gasteiger partial charge < -0.3 is 10.5 Å². The van der Waals surface area contributed by atoms with Gasteiger partial charge >= 0.3 is 0 Å². The van der Waals surface area contributed by atoms with Crippen LogP contribution in [0.3, 0.4) is 0 Å². The second-order valence-corrected chi connectivity index (χ2v) is 6.96. The Hall–Kier alpha value is -2.49. The molecule has 5 heteroatoms. The van der Waals surface area contributed by atoms with Crippen molar-refractivity contribution >= 4 is 29.1 Å². The Bertz CT molecular complexity index is 1000. The molecular formula is C21H15Cl2NO2. The standard InChI is InChI=1S/C21H15Cl2NO2/c22-15-8-4-7-13(21(24)25)19(15)20-14-11-18(12-5-2-1-3-6-12)26-17(14)10-9-16(20)23/h1-10,18H,11H2,(H2,24,25). The van der Waals surface area contributed by atoms with Gasteiger partial charge in [-0.25, -0.2) is 0 Å². The summed E-state index contributed by atoms with van der Waals surface area (Å²) in [5.74, 6) is 0.197. The number of ether oxygens (including phenoxy) is 1. The summed E-state index contributed by atoms with van der Waals surface area (Å²) in [6.45, 7) is 0. The zero-order valence-corrected chi connectivity index (χ0v) is 15.2. The Morgan fingerprint density at radius 3 is 2.38 bits per heavy atom. The molecule has 1 aliphatic heterocycles. The van der Waals surface area contributed by atoms with Gasteiger partial charge in [-0.3, -0.25) is 4.79 Å². The van der Waals surface area contributed by atoms with Gasteiger partial charge in [0.25, 0.3) is 0 Å². The van der Waals surface area contributed by atoms with Crippen LogP contribution in [0.15, 0.2) is 60.7 Å². The second kappa shape index (κ2) is 6.67. The van der Waals surface area contributed by atoms with E-state index in [9.17, 15) is 4.79 Å². The Morgan fingerprint density at radius 1 is 0.923 bits per heavy atom. The van der Waals surface area contributed by atoms with E-state index in [2.05, 4.69) is 0 Å². The smallest absolute Gasteiger partial charge is 0.249 e. The van der Waals surface area contributed by atoms with E-state index in [4.69, 9.17) is 33.7 Å². The minimum Gasteiger partial charge on any atom is -0.485 e. The minimum absolute atomic E-state index is 0.108. The van der Waals surface area contributed by atoms with Crippen LogP contribution in [0.5, 0.6) is 5.75 Å². The molecule has 0 aliphatic carbocycles. The number of hydrogen-bond acceptors (Lipinski definition) is 2. The highest BCUT2D eigenvalue weighted by atomic mass is 35.5. The molecule has 0 fully saturated rings. The number of carbonyl (C=O) groups is 1. The van der Waals surface area contributed by atoms with Crippen molar-refractivity contribution in [1.82, 2.24) is 0 Å². The van der Waals surface area contributed by atoms with Crippen molar-refractivity contribution in [3.05, 3.63) is 87.4 Å². The zero-order valence-electron chi connectivity index (χ0n) is 13.7. The minimum atomic E-state index is -0.547. The van der Waals surface area contributed by atoms with Crippen LogP contribution in [-0.4, -0.2) is 5.91 Å². The maximum absolute atomic E-state index is 11.9. The van der Waals surface area contributed by atoms with Crippen LogP contribution in [0.4, 0.5) is 0 Å². The first kappa shape index (κ1) is 17.0. The third-order valence-corrected chi connectivity index (χ3v) is 5.21. The Kier molecular flexibility index (Phi) is 4.35. The van der Waals surface area contributed by atoms with Crippen molar-refractivity contribution in [3.8, 4) is 16.9 Å². The topological polar surface area (TPSA) is 52.3 Å². The number of fused-ring (bicyclic) bond motifs is 1. The molecule has 0 saturated heterocycles. The lowest BCUT2D eigenvalue weighted by Gasteiger charge is -2.14. The first-order valence-electron chi connectivity index (χ1n) is 8.18. The van der Waals surface area contributed by atoms with Gasteiger partial charge in [-0.05, 0) is 29.8 Å². The predicted molar refractivity (Wildman–Crippen MR) is 104 cm³/mol. The average Bonchev–Trinajstić information content (AvgIpc) is 3.07. The summed E-state index contributed by atoms with van der Waals surface area (Å²) in [7, 11) is 0. The molecule has 3 nitrogen and oxygen atoms in total. The fraction of sp³-hybridized carbons (Fsp3) is 0.0952.